The smallest absolute Gasteiger partial charge is 0.201 e. The number of rotatable bonds is 4. The third-order valence-electron chi connectivity index (χ3n) is 5.87. The first kappa shape index (κ1) is 18.5. The summed E-state index contributed by atoms with van der Waals surface area (Å²) in [5, 5.41) is 7.77. The second-order valence-corrected chi connectivity index (χ2v) is 11.5. The first-order chi connectivity index (χ1) is 14.8. The molecule has 30 heavy (non-hydrogen) atoms. The van der Waals surface area contributed by atoms with Crippen molar-refractivity contribution in [2.24, 2.45) is 0 Å². The van der Waals surface area contributed by atoms with Crippen LogP contribution in [0.5, 0.6) is 0 Å². The highest BCUT2D eigenvalue weighted by Gasteiger charge is 2.42. The van der Waals surface area contributed by atoms with E-state index in [1.807, 2.05) is 0 Å². The predicted octanol–water partition coefficient (Wildman–Crippen LogP) is 3.92. The van der Waals surface area contributed by atoms with E-state index in [1.54, 1.807) is 0 Å². The number of aryl methyl sites for hydroxylation is 1. The van der Waals surface area contributed by atoms with Gasteiger partial charge in [0.05, 0.1) is 0 Å². The maximum Gasteiger partial charge on any atom is 0.201 e. The fourth-order valence-corrected chi connectivity index (χ4v) is 9.16. The number of hydrogen-bond donors (Lipinski definition) is 0. The van der Waals surface area contributed by atoms with Crippen molar-refractivity contribution < 1.29 is 0 Å². The van der Waals surface area contributed by atoms with Gasteiger partial charge in [0.15, 0.2) is 0 Å². The van der Waals surface area contributed by atoms with Crippen LogP contribution in [0.15, 0.2) is 121 Å². The van der Waals surface area contributed by atoms with E-state index in [2.05, 4.69) is 128 Å². The van der Waals surface area contributed by atoms with Crippen LogP contribution in [0.4, 0.5) is 0 Å². The van der Waals surface area contributed by atoms with E-state index in [0.717, 1.165) is 5.69 Å². The zero-order valence-corrected chi connectivity index (χ0v) is 18.0. The van der Waals surface area contributed by atoms with E-state index in [9.17, 15) is 0 Å². The van der Waals surface area contributed by atoms with Gasteiger partial charge < -0.3 is 0 Å². The first-order valence-corrected chi connectivity index (χ1v) is 12.3. The molecule has 0 saturated carbocycles. The van der Waals surface area contributed by atoms with Crippen LogP contribution in [0.3, 0.4) is 0 Å². The van der Waals surface area contributed by atoms with Crippen LogP contribution in [0, 0.1) is 6.92 Å². The number of pyridine rings is 1. The van der Waals surface area contributed by atoms with Gasteiger partial charge in [-0.3, -0.25) is 4.98 Å². The van der Waals surface area contributed by atoms with Crippen LogP contribution in [-0.4, -0.2) is 13.1 Å². The van der Waals surface area contributed by atoms with Gasteiger partial charge in [-0.25, -0.2) is 0 Å². The highest BCUT2D eigenvalue weighted by atomic mass is 28.3. The van der Waals surface area contributed by atoms with Crippen molar-refractivity contribution in [3.63, 3.8) is 0 Å². The fraction of sp³-hybridized carbons (Fsp3) is 0.0357. The van der Waals surface area contributed by atoms with Gasteiger partial charge in [0.1, 0.15) is 0 Å². The third kappa shape index (κ3) is 3.06. The highest BCUT2D eigenvalue weighted by Crippen LogP contribution is 2.15. The van der Waals surface area contributed by atoms with Gasteiger partial charge in [-0.1, -0.05) is 109 Å². The van der Waals surface area contributed by atoms with Crippen molar-refractivity contribution in [3.8, 4) is 0 Å². The lowest BCUT2D eigenvalue weighted by atomic mass is 10.1. The molecule has 0 unspecified atom stereocenters. The summed E-state index contributed by atoms with van der Waals surface area (Å²) in [7, 11) is -2.56. The molecule has 0 radical (unpaired) electrons. The number of hydrogen-bond acceptors (Lipinski definition) is 1. The molecule has 2 heteroatoms. The maximum absolute atomic E-state index is 5.12. The molecule has 0 amide bonds. The summed E-state index contributed by atoms with van der Waals surface area (Å²) in [6.07, 6.45) is 0. The molecule has 0 N–H and O–H groups in total. The van der Waals surface area contributed by atoms with Gasteiger partial charge in [0.25, 0.3) is 0 Å². The molecular weight excluding hydrogens is 378 g/mol. The number of nitrogens with zero attached hydrogens (tertiary/aromatic N) is 1. The van der Waals surface area contributed by atoms with Gasteiger partial charge in [0, 0.05) is 11.0 Å². The predicted molar refractivity (Wildman–Crippen MR) is 130 cm³/mol. The Morgan fingerprint density at radius 2 is 1.10 bits per heavy atom. The Bertz CT molecular complexity index is 1260. The molecule has 0 bridgehead atoms. The molecular formula is C28H23NSi. The zero-order valence-electron chi connectivity index (χ0n) is 17.0. The standard InChI is InChI=1S/C28H23NSi/c1-22-11-10-18-28(29-22)30(25-14-4-2-5-15-25,26-16-6-3-7-17-26)27-20-19-23-12-8-9-13-24(23)21-27/h2-21H,1H3. The minimum Gasteiger partial charge on any atom is -0.262 e. The van der Waals surface area contributed by atoms with E-state index in [4.69, 9.17) is 4.98 Å². The highest BCUT2D eigenvalue weighted by molar-refractivity contribution is 7.19. The molecule has 144 valence electrons. The third-order valence-corrected chi connectivity index (χ3v) is 10.5. The molecule has 1 aromatic heterocycles. The largest absolute Gasteiger partial charge is 0.262 e. The summed E-state index contributed by atoms with van der Waals surface area (Å²) in [5.74, 6) is 0. The summed E-state index contributed by atoms with van der Waals surface area (Å²) >= 11 is 0. The second kappa shape index (κ2) is 7.73. The second-order valence-electron chi connectivity index (χ2n) is 7.71. The minimum absolute atomic E-state index is 1.05. The van der Waals surface area contributed by atoms with Gasteiger partial charge >= 0.3 is 0 Å². The SMILES string of the molecule is Cc1cccc([Si](c2ccccc2)(c2ccccc2)c2ccc3ccccc3c2)n1. The molecule has 1 nitrogen and oxygen atoms in total. The van der Waals surface area contributed by atoms with Gasteiger partial charge in [-0.15, -0.1) is 0 Å². The summed E-state index contributed by atoms with van der Waals surface area (Å²) < 4.78 is 0. The van der Waals surface area contributed by atoms with Crippen LogP contribution in [0.1, 0.15) is 5.69 Å². The van der Waals surface area contributed by atoms with E-state index in [0.29, 0.717) is 0 Å². The molecule has 4 aromatic carbocycles. The van der Waals surface area contributed by atoms with E-state index < -0.39 is 8.07 Å². The topological polar surface area (TPSA) is 12.9 Å². The van der Waals surface area contributed by atoms with Crippen molar-refractivity contribution in [2.75, 3.05) is 0 Å². The molecule has 0 spiro atoms. The monoisotopic (exact) mass is 401 g/mol. The van der Waals surface area contributed by atoms with E-state index >= 15 is 0 Å². The summed E-state index contributed by atoms with van der Waals surface area (Å²) in [6.45, 7) is 2.08. The zero-order chi connectivity index (χ0) is 20.4. The van der Waals surface area contributed by atoms with E-state index in [-0.39, 0.29) is 0 Å². The molecule has 0 aliphatic heterocycles. The maximum atomic E-state index is 5.12. The van der Waals surface area contributed by atoms with Crippen molar-refractivity contribution in [3.05, 3.63) is 127 Å². The molecule has 0 aliphatic carbocycles. The van der Waals surface area contributed by atoms with Crippen molar-refractivity contribution in [2.45, 2.75) is 6.92 Å². The van der Waals surface area contributed by atoms with Gasteiger partial charge in [0.2, 0.25) is 8.07 Å². The van der Waals surface area contributed by atoms with Gasteiger partial charge in [-0.05, 0) is 45.4 Å². The summed E-state index contributed by atoms with van der Waals surface area (Å²) in [6, 6.07) is 43.9. The van der Waals surface area contributed by atoms with Crippen molar-refractivity contribution in [1.29, 1.82) is 0 Å². The van der Waals surface area contributed by atoms with Crippen LogP contribution in [0.25, 0.3) is 10.8 Å². The van der Waals surface area contributed by atoms with Crippen LogP contribution < -0.4 is 20.9 Å². The molecule has 5 aromatic rings. The fourth-order valence-electron chi connectivity index (χ4n) is 4.49. The Balaban J connectivity index is 1.93. The van der Waals surface area contributed by atoms with E-state index in [1.165, 1.54) is 31.6 Å². The molecule has 0 fully saturated rings. The molecule has 0 aliphatic rings. The molecule has 0 atom stereocenters. The Hall–Kier alpha value is -3.49. The minimum atomic E-state index is -2.56. The molecule has 0 saturated heterocycles. The lowest BCUT2D eigenvalue weighted by molar-refractivity contribution is 1.23. The normalized spacial score (nSPS) is 11.5. The van der Waals surface area contributed by atoms with Gasteiger partial charge in [-0.2, -0.15) is 0 Å². The lowest BCUT2D eigenvalue weighted by Crippen LogP contribution is -2.75. The van der Waals surface area contributed by atoms with Crippen molar-refractivity contribution >= 4 is 39.7 Å². The summed E-state index contributed by atoms with van der Waals surface area (Å²) in [4.78, 5) is 5.12. The quantitative estimate of drug-likeness (QED) is 0.329. The average molecular weight is 402 g/mol. The van der Waals surface area contributed by atoms with Crippen LogP contribution >= 0.6 is 0 Å². The number of aromatic nitrogens is 1. The Morgan fingerprint density at radius 3 is 1.73 bits per heavy atom. The number of fused-ring (bicyclic) bond motifs is 1. The average Bonchev–Trinajstić information content (AvgIpc) is 2.81. The Morgan fingerprint density at radius 1 is 0.500 bits per heavy atom. The summed E-state index contributed by atoms with van der Waals surface area (Å²) in [5.41, 5.74) is 1.05. The first-order valence-electron chi connectivity index (χ1n) is 10.3. The van der Waals surface area contributed by atoms with Crippen molar-refractivity contribution in [1.82, 2.24) is 4.98 Å². The lowest BCUT2D eigenvalue weighted by Gasteiger charge is -2.33. The number of benzene rings is 4. The Labute approximate surface area is 178 Å². The van der Waals surface area contributed by atoms with Crippen LogP contribution in [-0.2, 0) is 0 Å². The molecule has 5 rings (SSSR count). The molecule has 1 heterocycles. The van der Waals surface area contributed by atoms with Crippen LogP contribution in [0.2, 0.25) is 0 Å². The Kier molecular flexibility index (Phi) is 4.78.